The molecule has 0 amide bonds. The van der Waals surface area contributed by atoms with Gasteiger partial charge in [-0.25, -0.2) is 9.78 Å². The average molecular weight is 271 g/mol. The van der Waals surface area contributed by atoms with Crippen molar-refractivity contribution < 1.29 is 9.53 Å². The minimum atomic E-state index is -0.473. The molecule has 0 saturated carbocycles. The standard InChI is InChI=1S/C13H19ClN2O2/c1-5-6-16(9(2)3)12-8-10(14)7-11(15-12)13(17)18-4/h7-9H,5-6H2,1-4H3. The second-order valence-corrected chi connectivity index (χ2v) is 4.74. The second-order valence-electron chi connectivity index (χ2n) is 4.31. The number of hydrogen-bond donors (Lipinski definition) is 0. The van der Waals surface area contributed by atoms with Gasteiger partial charge in [0.1, 0.15) is 5.82 Å². The zero-order valence-corrected chi connectivity index (χ0v) is 12.0. The Morgan fingerprint density at radius 2 is 2.17 bits per heavy atom. The Bertz CT molecular complexity index is 421. The lowest BCUT2D eigenvalue weighted by Crippen LogP contribution is -2.32. The second kappa shape index (κ2) is 6.59. The van der Waals surface area contributed by atoms with Crippen molar-refractivity contribution in [1.29, 1.82) is 0 Å². The molecule has 0 radical (unpaired) electrons. The topological polar surface area (TPSA) is 42.4 Å². The van der Waals surface area contributed by atoms with E-state index in [1.807, 2.05) is 0 Å². The van der Waals surface area contributed by atoms with Gasteiger partial charge in [0, 0.05) is 17.6 Å². The van der Waals surface area contributed by atoms with Crippen LogP contribution in [0.3, 0.4) is 0 Å². The number of hydrogen-bond acceptors (Lipinski definition) is 4. The number of methoxy groups -OCH3 is 1. The molecule has 0 bridgehead atoms. The molecular formula is C13H19ClN2O2. The van der Waals surface area contributed by atoms with Gasteiger partial charge in [0.15, 0.2) is 5.69 Å². The zero-order valence-electron chi connectivity index (χ0n) is 11.2. The highest BCUT2D eigenvalue weighted by atomic mass is 35.5. The van der Waals surface area contributed by atoms with E-state index in [1.54, 1.807) is 6.07 Å². The lowest BCUT2D eigenvalue weighted by molar-refractivity contribution is 0.0594. The summed E-state index contributed by atoms with van der Waals surface area (Å²) in [4.78, 5) is 17.9. The summed E-state index contributed by atoms with van der Waals surface area (Å²) in [5.41, 5.74) is 0.238. The van der Waals surface area contributed by atoms with Crippen LogP contribution in [0.25, 0.3) is 0 Å². The fraction of sp³-hybridized carbons (Fsp3) is 0.538. The lowest BCUT2D eigenvalue weighted by Gasteiger charge is -2.27. The van der Waals surface area contributed by atoms with E-state index in [-0.39, 0.29) is 5.69 Å². The first kappa shape index (κ1) is 14.8. The molecule has 5 heteroatoms. The molecule has 0 aliphatic heterocycles. The van der Waals surface area contributed by atoms with E-state index >= 15 is 0 Å². The highest BCUT2D eigenvalue weighted by Crippen LogP contribution is 2.21. The van der Waals surface area contributed by atoms with Gasteiger partial charge in [0.05, 0.1) is 7.11 Å². The smallest absolute Gasteiger partial charge is 0.356 e. The van der Waals surface area contributed by atoms with Crippen LogP contribution in [0.15, 0.2) is 12.1 Å². The molecule has 0 saturated heterocycles. The first-order valence-electron chi connectivity index (χ1n) is 6.02. The summed E-state index contributed by atoms with van der Waals surface area (Å²) in [6.45, 7) is 7.12. The van der Waals surface area contributed by atoms with Gasteiger partial charge in [-0.1, -0.05) is 18.5 Å². The maximum atomic E-state index is 11.5. The number of rotatable bonds is 5. The molecule has 1 heterocycles. The van der Waals surface area contributed by atoms with Crippen molar-refractivity contribution in [1.82, 2.24) is 4.98 Å². The van der Waals surface area contributed by atoms with Crippen LogP contribution in [0.5, 0.6) is 0 Å². The van der Waals surface area contributed by atoms with Crippen LogP contribution >= 0.6 is 11.6 Å². The van der Waals surface area contributed by atoms with Crippen molar-refractivity contribution in [3.63, 3.8) is 0 Å². The fourth-order valence-corrected chi connectivity index (χ4v) is 1.92. The molecule has 0 fully saturated rings. The minimum absolute atomic E-state index is 0.238. The van der Waals surface area contributed by atoms with E-state index in [2.05, 4.69) is 35.4 Å². The lowest BCUT2D eigenvalue weighted by atomic mass is 10.2. The van der Waals surface area contributed by atoms with Crippen molar-refractivity contribution in [2.45, 2.75) is 33.2 Å². The van der Waals surface area contributed by atoms with Gasteiger partial charge < -0.3 is 9.64 Å². The number of halogens is 1. The summed E-state index contributed by atoms with van der Waals surface area (Å²) in [5, 5.41) is 0.488. The van der Waals surface area contributed by atoms with E-state index < -0.39 is 5.97 Å². The largest absolute Gasteiger partial charge is 0.464 e. The number of pyridine rings is 1. The van der Waals surface area contributed by atoms with Crippen molar-refractivity contribution in [3.8, 4) is 0 Å². The van der Waals surface area contributed by atoms with Gasteiger partial charge >= 0.3 is 5.97 Å². The molecule has 1 rings (SSSR count). The SMILES string of the molecule is CCCN(c1cc(Cl)cc(C(=O)OC)n1)C(C)C. The molecule has 0 aliphatic carbocycles. The van der Waals surface area contributed by atoms with Gasteiger partial charge in [0.2, 0.25) is 0 Å². The van der Waals surface area contributed by atoms with Crippen LogP contribution in [0.4, 0.5) is 5.82 Å². The predicted molar refractivity (Wildman–Crippen MR) is 73.4 cm³/mol. The summed E-state index contributed by atoms with van der Waals surface area (Å²) in [7, 11) is 1.33. The Morgan fingerprint density at radius 1 is 1.50 bits per heavy atom. The van der Waals surface area contributed by atoms with Crippen LogP contribution < -0.4 is 4.90 Å². The molecule has 100 valence electrons. The van der Waals surface area contributed by atoms with Crippen molar-refractivity contribution in [3.05, 3.63) is 22.8 Å². The Hall–Kier alpha value is -1.29. The summed E-state index contributed by atoms with van der Waals surface area (Å²) in [5.74, 6) is 0.235. The molecule has 1 aromatic rings. The summed E-state index contributed by atoms with van der Waals surface area (Å²) >= 11 is 6.03. The number of aromatic nitrogens is 1. The molecule has 4 nitrogen and oxygen atoms in total. The molecule has 0 unspecified atom stereocenters. The van der Waals surface area contributed by atoms with Gasteiger partial charge in [-0.05, 0) is 32.4 Å². The van der Waals surface area contributed by atoms with E-state index in [1.165, 1.54) is 13.2 Å². The van der Waals surface area contributed by atoms with Crippen LogP contribution in [0.2, 0.25) is 5.02 Å². The molecule has 0 spiro atoms. The number of esters is 1. The number of anilines is 1. The van der Waals surface area contributed by atoms with Gasteiger partial charge in [-0.2, -0.15) is 0 Å². The Balaban J connectivity index is 3.14. The number of ether oxygens (including phenoxy) is 1. The van der Waals surface area contributed by atoms with Crippen molar-refractivity contribution in [2.75, 3.05) is 18.6 Å². The van der Waals surface area contributed by atoms with Crippen molar-refractivity contribution >= 4 is 23.4 Å². The number of carbonyl (C=O) groups is 1. The quantitative estimate of drug-likeness (QED) is 0.771. The molecular weight excluding hydrogens is 252 g/mol. The van der Waals surface area contributed by atoms with Crippen LogP contribution in [-0.4, -0.2) is 30.6 Å². The molecule has 18 heavy (non-hydrogen) atoms. The van der Waals surface area contributed by atoms with Crippen LogP contribution in [-0.2, 0) is 4.74 Å². The first-order chi connectivity index (χ1) is 8.49. The molecule has 0 aromatic carbocycles. The van der Waals surface area contributed by atoms with E-state index in [4.69, 9.17) is 11.6 Å². The van der Waals surface area contributed by atoms with Crippen LogP contribution in [0.1, 0.15) is 37.7 Å². The Kier molecular flexibility index (Phi) is 5.41. The average Bonchev–Trinajstić information content (AvgIpc) is 2.33. The third-order valence-corrected chi connectivity index (χ3v) is 2.77. The number of nitrogens with zero attached hydrogens (tertiary/aromatic N) is 2. The summed E-state index contributed by atoms with van der Waals surface area (Å²) < 4.78 is 4.67. The van der Waals surface area contributed by atoms with E-state index in [0.29, 0.717) is 16.9 Å². The maximum absolute atomic E-state index is 11.5. The molecule has 0 atom stereocenters. The predicted octanol–water partition coefficient (Wildman–Crippen LogP) is 3.15. The Labute approximate surface area is 113 Å². The van der Waals surface area contributed by atoms with E-state index in [9.17, 15) is 4.79 Å². The fourth-order valence-electron chi connectivity index (χ4n) is 1.72. The highest BCUT2D eigenvalue weighted by Gasteiger charge is 2.16. The molecule has 0 N–H and O–H groups in total. The Morgan fingerprint density at radius 3 is 2.67 bits per heavy atom. The third kappa shape index (κ3) is 3.60. The highest BCUT2D eigenvalue weighted by molar-refractivity contribution is 6.31. The van der Waals surface area contributed by atoms with Gasteiger partial charge in [-0.3, -0.25) is 0 Å². The van der Waals surface area contributed by atoms with Gasteiger partial charge in [-0.15, -0.1) is 0 Å². The molecule has 0 aliphatic rings. The minimum Gasteiger partial charge on any atom is -0.464 e. The normalized spacial score (nSPS) is 10.6. The molecule has 1 aromatic heterocycles. The van der Waals surface area contributed by atoms with Crippen LogP contribution in [0, 0.1) is 0 Å². The monoisotopic (exact) mass is 270 g/mol. The van der Waals surface area contributed by atoms with Crippen molar-refractivity contribution in [2.24, 2.45) is 0 Å². The summed E-state index contributed by atoms with van der Waals surface area (Å²) in [6, 6.07) is 3.58. The van der Waals surface area contributed by atoms with E-state index in [0.717, 1.165) is 13.0 Å². The summed E-state index contributed by atoms with van der Waals surface area (Å²) in [6.07, 6.45) is 1.000. The van der Waals surface area contributed by atoms with Gasteiger partial charge in [0.25, 0.3) is 0 Å². The maximum Gasteiger partial charge on any atom is 0.356 e. The first-order valence-corrected chi connectivity index (χ1v) is 6.40. The zero-order chi connectivity index (χ0) is 13.7. The number of carbonyl (C=O) groups excluding carboxylic acids is 1. The third-order valence-electron chi connectivity index (χ3n) is 2.55.